The Morgan fingerprint density at radius 2 is 1.86 bits per heavy atom. The molecule has 22 heavy (non-hydrogen) atoms. The molecule has 1 unspecified atom stereocenters. The van der Waals surface area contributed by atoms with Gasteiger partial charge in [0.2, 0.25) is 5.91 Å². The summed E-state index contributed by atoms with van der Waals surface area (Å²) in [6.07, 6.45) is 0.555. The number of carbonyl (C=O) groups excluding carboxylic acids is 2. The van der Waals surface area contributed by atoms with Gasteiger partial charge in [0.05, 0.1) is 6.04 Å². The van der Waals surface area contributed by atoms with E-state index in [4.69, 9.17) is 5.73 Å². The van der Waals surface area contributed by atoms with Gasteiger partial charge in [-0.1, -0.05) is 40.7 Å². The molecule has 0 bridgehead atoms. The summed E-state index contributed by atoms with van der Waals surface area (Å²) < 4.78 is 0. The zero-order valence-electron chi connectivity index (χ0n) is 14.1. The van der Waals surface area contributed by atoms with Crippen molar-refractivity contribution < 1.29 is 9.59 Å². The largest absolute Gasteiger partial charge is 0.399 e. The van der Waals surface area contributed by atoms with Crippen LogP contribution in [0.15, 0.2) is 18.2 Å². The Morgan fingerprint density at radius 1 is 1.23 bits per heavy atom. The molecule has 1 aromatic carbocycles. The second-order valence-electron chi connectivity index (χ2n) is 7.49. The van der Waals surface area contributed by atoms with Crippen molar-refractivity contribution in [3.05, 3.63) is 29.3 Å². The highest BCUT2D eigenvalue weighted by Gasteiger charge is 2.39. The van der Waals surface area contributed by atoms with E-state index < -0.39 is 5.41 Å². The zero-order valence-corrected chi connectivity index (χ0v) is 14.1. The number of nitrogen functional groups attached to an aromatic ring is 1. The van der Waals surface area contributed by atoms with Gasteiger partial charge in [0.25, 0.3) is 0 Å². The Labute approximate surface area is 132 Å². The molecule has 0 aromatic heterocycles. The summed E-state index contributed by atoms with van der Waals surface area (Å²) in [7, 11) is 0. The van der Waals surface area contributed by atoms with Crippen LogP contribution >= 0.6 is 0 Å². The smallest absolute Gasteiger partial charge is 0.228 e. The maximum absolute atomic E-state index is 12.8. The normalized spacial score (nSPS) is 18.3. The van der Waals surface area contributed by atoms with Gasteiger partial charge < -0.3 is 10.6 Å². The van der Waals surface area contributed by atoms with Gasteiger partial charge in [-0.2, -0.15) is 0 Å². The van der Waals surface area contributed by atoms with Crippen molar-refractivity contribution >= 4 is 17.4 Å². The van der Waals surface area contributed by atoms with Gasteiger partial charge in [0.15, 0.2) is 5.78 Å². The minimum atomic E-state index is -0.499. The average molecular weight is 302 g/mol. The van der Waals surface area contributed by atoms with E-state index in [2.05, 4.69) is 0 Å². The number of rotatable bonds is 2. The first-order chi connectivity index (χ1) is 10.1. The molecule has 0 saturated carbocycles. The summed E-state index contributed by atoms with van der Waals surface area (Å²) in [4.78, 5) is 27.1. The molecular weight excluding hydrogens is 276 g/mol. The third-order valence-corrected chi connectivity index (χ3v) is 4.16. The van der Waals surface area contributed by atoms with Crippen molar-refractivity contribution in [2.45, 2.75) is 53.6 Å². The van der Waals surface area contributed by atoms with E-state index in [0.717, 1.165) is 11.1 Å². The number of nitrogens with two attached hydrogens (primary N) is 1. The van der Waals surface area contributed by atoms with Crippen LogP contribution in [-0.4, -0.2) is 22.6 Å². The van der Waals surface area contributed by atoms with Gasteiger partial charge in [0, 0.05) is 30.0 Å². The molecule has 1 aromatic rings. The van der Waals surface area contributed by atoms with Crippen LogP contribution in [0, 0.1) is 11.3 Å². The monoisotopic (exact) mass is 302 g/mol. The Morgan fingerprint density at radius 3 is 2.41 bits per heavy atom. The molecule has 1 aliphatic heterocycles. The van der Waals surface area contributed by atoms with Crippen LogP contribution in [0.1, 0.15) is 45.7 Å². The fourth-order valence-corrected chi connectivity index (χ4v) is 2.89. The maximum atomic E-state index is 12.8. The van der Waals surface area contributed by atoms with E-state index in [-0.39, 0.29) is 23.7 Å². The van der Waals surface area contributed by atoms with Gasteiger partial charge in [-0.25, -0.2) is 0 Å². The minimum absolute atomic E-state index is 0.0222. The van der Waals surface area contributed by atoms with Crippen molar-refractivity contribution in [3.8, 4) is 0 Å². The number of ketones is 1. The lowest BCUT2D eigenvalue weighted by Gasteiger charge is -2.40. The molecule has 2 N–H and O–H groups in total. The molecule has 1 amide bonds. The first kappa shape index (κ1) is 16.5. The third-order valence-electron chi connectivity index (χ3n) is 4.16. The van der Waals surface area contributed by atoms with Gasteiger partial charge in [0.1, 0.15) is 0 Å². The highest BCUT2D eigenvalue weighted by molar-refractivity contribution is 5.92. The van der Waals surface area contributed by atoms with Gasteiger partial charge in [-0.15, -0.1) is 0 Å². The fourth-order valence-electron chi connectivity index (χ4n) is 2.89. The SMILES string of the molecule is CC(C)C(=O)C1Cc2cc(N)ccc2CN1C(=O)C(C)(C)C. The van der Waals surface area contributed by atoms with E-state index in [1.165, 1.54) is 0 Å². The molecular formula is C18H26N2O2. The Hall–Kier alpha value is -1.84. The number of fused-ring (bicyclic) bond motifs is 1. The summed E-state index contributed by atoms with van der Waals surface area (Å²) >= 11 is 0. The molecule has 4 heteroatoms. The van der Waals surface area contributed by atoms with Crippen LogP contribution in [0.25, 0.3) is 0 Å². The number of anilines is 1. The van der Waals surface area contributed by atoms with E-state index in [9.17, 15) is 9.59 Å². The standard InChI is InChI=1S/C18H26N2O2/c1-11(2)16(21)15-9-13-8-14(19)7-6-12(13)10-20(15)17(22)18(3,4)5/h6-8,11,15H,9-10,19H2,1-5H3. The molecule has 1 aliphatic rings. The predicted molar refractivity (Wildman–Crippen MR) is 88.2 cm³/mol. The first-order valence-electron chi connectivity index (χ1n) is 7.83. The Balaban J connectivity index is 2.43. The van der Waals surface area contributed by atoms with Crippen molar-refractivity contribution in [2.24, 2.45) is 11.3 Å². The molecule has 1 atom stereocenters. The third kappa shape index (κ3) is 3.16. The number of benzene rings is 1. The molecule has 2 rings (SSSR count). The summed E-state index contributed by atoms with van der Waals surface area (Å²) in [6.45, 7) is 9.93. The van der Waals surface area contributed by atoms with Crippen LogP contribution in [0.2, 0.25) is 0 Å². The van der Waals surface area contributed by atoms with Crippen LogP contribution in [-0.2, 0) is 22.6 Å². The molecule has 1 heterocycles. The van der Waals surface area contributed by atoms with Crippen LogP contribution < -0.4 is 5.73 Å². The van der Waals surface area contributed by atoms with Crippen LogP contribution in [0.4, 0.5) is 5.69 Å². The lowest BCUT2D eigenvalue weighted by atomic mass is 9.85. The molecule has 4 nitrogen and oxygen atoms in total. The van der Waals surface area contributed by atoms with Gasteiger partial charge >= 0.3 is 0 Å². The van der Waals surface area contributed by atoms with Crippen molar-refractivity contribution in [2.75, 3.05) is 5.73 Å². The number of hydrogen-bond donors (Lipinski definition) is 1. The highest BCUT2D eigenvalue weighted by atomic mass is 16.2. The lowest BCUT2D eigenvalue weighted by molar-refractivity contribution is -0.148. The predicted octanol–water partition coefficient (Wildman–Crippen LogP) is 2.79. The van der Waals surface area contributed by atoms with Crippen LogP contribution in [0.5, 0.6) is 0 Å². The van der Waals surface area contributed by atoms with Gasteiger partial charge in [-0.05, 0) is 23.3 Å². The minimum Gasteiger partial charge on any atom is -0.399 e. The number of hydrogen-bond acceptors (Lipinski definition) is 3. The molecule has 0 fully saturated rings. The number of carbonyl (C=O) groups is 2. The van der Waals surface area contributed by atoms with E-state index in [1.807, 2.05) is 52.8 Å². The maximum Gasteiger partial charge on any atom is 0.228 e. The topological polar surface area (TPSA) is 63.4 Å². The second kappa shape index (κ2) is 5.75. The van der Waals surface area contributed by atoms with Gasteiger partial charge in [-0.3, -0.25) is 9.59 Å². The first-order valence-corrected chi connectivity index (χ1v) is 7.83. The number of Topliss-reactive ketones (excluding diaryl/α,β-unsaturated/α-hetero) is 1. The zero-order chi connectivity index (χ0) is 16.7. The average Bonchev–Trinajstić information content (AvgIpc) is 2.43. The van der Waals surface area contributed by atoms with E-state index in [0.29, 0.717) is 18.7 Å². The van der Waals surface area contributed by atoms with E-state index in [1.54, 1.807) is 4.90 Å². The molecule has 0 radical (unpaired) electrons. The lowest BCUT2D eigenvalue weighted by Crippen LogP contribution is -2.53. The fraction of sp³-hybridized carbons (Fsp3) is 0.556. The Kier molecular flexibility index (Phi) is 4.32. The summed E-state index contributed by atoms with van der Waals surface area (Å²) in [5, 5.41) is 0. The second-order valence-corrected chi connectivity index (χ2v) is 7.49. The Bertz CT molecular complexity index is 600. The van der Waals surface area contributed by atoms with E-state index >= 15 is 0 Å². The summed E-state index contributed by atoms with van der Waals surface area (Å²) in [5.41, 5.74) is 8.22. The van der Waals surface area contributed by atoms with Crippen molar-refractivity contribution in [3.63, 3.8) is 0 Å². The number of nitrogens with zero attached hydrogens (tertiary/aromatic N) is 1. The molecule has 0 aliphatic carbocycles. The molecule has 0 spiro atoms. The molecule has 120 valence electrons. The van der Waals surface area contributed by atoms with Crippen molar-refractivity contribution in [1.29, 1.82) is 0 Å². The molecule has 0 saturated heterocycles. The highest BCUT2D eigenvalue weighted by Crippen LogP contribution is 2.30. The quantitative estimate of drug-likeness (QED) is 0.854. The summed E-state index contributed by atoms with van der Waals surface area (Å²) in [5.74, 6) is 0.0440. The van der Waals surface area contributed by atoms with Crippen LogP contribution in [0.3, 0.4) is 0 Å². The van der Waals surface area contributed by atoms with Crippen molar-refractivity contribution in [1.82, 2.24) is 4.90 Å². The summed E-state index contributed by atoms with van der Waals surface area (Å²) in [6, 6.07) is 5.35. The number of amides is 1.